The van der Waals surface area contributed by atoms with Crippen molar-refractivity contribution < 1.29 is 19.4 Å². The first-order valence-corrected chi connectivity index (χ1v) is 7.17. The van der Waals surface area contributed by atoms with Gasteiger partial charge in [-0.15, -0.1) is 0 Å². The number of carbonyl (C=O) groups excluding carboxylic acids is 2. The Morgan fingerprint density at radius 3 is 2.83 bits per heavy atom. The predicted molar refractivity (Wildman–Crippen MR) is 84.7 cm³/mol. The third kappa shape index (κ3) is 4.06. The predicted octanol–water partition coefficient (Wildman–Crippen LogP) is 2.32. The van der Waals surface area contributed by atoms with Gasteiger partial charge >= 0.3 is 0 Å². The van der Waals surface area contributed by atoms with Crippen molar-refractivity contribution in [2.24, 2.45) is 0 Å². The molecule has 2 N–H and O–H groups in total. The highest BCUT2D eigenvalue weighted by Crippen LogP contribution is 2.26. The Morgan fingerprint density at radius 1 is 1.35 bits per heavy atom. The summed E-state index contributed by atoms with van der Waals surface area (Å²) in [5, 5.41) is 12.4. The maximum absolute atomic E-state index is 12.1. The fourth-order valence-electron chi connectivity index (χ4n) is 2.02. The third-order valence-corrected chi connectivity index (χ3v) is 3.07. The van der Waals surface area contributed by atoms with E-state index < -0.39 is 0 Å². The van der Waals surface area contributed by atoms with Crippen LogP contribution in [0.5, 0.6) is 11.5 Å². The fraction of sp³-hybridized carbons (Fsp3) is 0.235. The van der Waals surface area contributed by atoms with E-state index in [0.29, 0.717) is 11.8 Å². The van der Waals surface area contributed by atoms with Gasteiger partial charge in [0.25, 0.3) is 5.91 Å². The SMILES string of the molecule is CC(C)NC(=O)c1ncccc1COc1cccc(O)c1C=O. The minimum Gasteiger partial charge on any atom is -0.507 e. The van der Waals surface area contributed by atoms with Crippen LogP contribution in [0.25, 0.3) is 0 Å². The molecule has 6 heteroatoms. The molecule has 2 rings (SSSR count). The second-order valence-electron chi connectivity index (χ2n) is 5.23. The van der Waals surface area contributed by atoms with Gasteiger partial charge in [-0.3, -0.25) is 14.6 Å². The summed E-state index contributed by atoms with van der Waals surface area (Å²) in [5.74, 6) is -0.189. The number of phenolic OH excluding ortho intramolecular Hbond substituents is 1. The highest BCUT2D eigenvalue weighted by atomic mass is 16.5. The highest BCUT2D eigenvalue weighted by molar-refractivity contribution is 5.93. The molecule has 0 fully saturated rings. The molecular weight excluding hydrogens is 296 g/mol. The summed E-state index contributed by atoms with van der Waals surface area (Å²) in [7, 11) is 0. The van der Waals surface area contributed by atoms with E-state index in [4.69, 9.17) is 4.74 Å². The number of ether oxygens (including phenoxy) is 1. The molecule has 1 aromatic carbocycles. The van der Waals surface area contributed by atoms with Gasteiger partial charge in [0.1, 0.15) is 23.8 Å². The number of phenols is 1. The molecule has 0 atom stereocenters. The minimum atomic E-state index is -0.286. The summed E-state index contributed by atoms with van der Waals surface area (Å²) in [5.41, 5.74) is 0.935. The van der Waals surface area contributed by atoms with Gasteiger partial charge in [-0.2, -0.15) is 0 Å². The molecule has 0 saturated carbocycles. The first-order chi connectivity index (χ1) is 11.0. The monoisotopic (exact) mass is 314 g/mol. The standard InChI is InChI=1S/C17H18N2O4/c1-11(2)19-17(22)16-12(5-4-8-18-16)10-23-15-7-3-6-14(21)13(15)9-20/h3-9,11,21H,10H2,1-2H3,(H,19,22). The van der Waals surface area contributed by atoms with Gasteiger partial charge in [-0.1, -0.05) is 12.1 Å². The zero-order chi connectivity index (χ0) is 16.8. The van der Waals surface area contributed by atoms with E-state index in [1.165, 1.54) is 12.3 Å². The van der Waals surface area contributed by atoms with Crippen LogP contribution in [0.3, 0.4) is 0 Å². The first kappa shape index (κ1) is 16.5. The number of nitrogens with zero attached hydrogens (tertiary/aromatic N) is 1. The Kier molecular flexibility index (Phi) is 5.30. The highest BCUT2D eigenvalue weighted by Gasteiger charge is 2.15. The second kappa shape index (κ2) is 7.40. The van der Waals surface area contributed by atoms with Crippen LogP contribution >= 0.6 is 0 Å². The summed E-state index contributed by atoms with van der Waals surface area (Å²) in [4.78, 5) is 27.3. The van der Waals surface area contributed by atoms with Gasteiger partial charge in [0, 0.05) is 17.8 Å². The van der Waals surface area contributed by atoms with Crippen molar-refractivity contribution in [3.05, 3.63) is 53.3 Å². The summed E-state index contributed by atoms with van der Waals surface area (Å²) >= 11 is 0. The normalized spacial score (nSPS) is 10.4. The summed E-state index contributed by atoms with van der Waals surface area (Å²) < 4.78 is 5.58. The lowest BCUT2D eigenvalue weighted by Crippen LogP contribution is -2.31. The largest absolute Gasteiger partial charge is 0.507 e. The van der Waals surface area contributed by atoms with Gasteiger partial charge in [0.2, 0.25) is 0 Å². The minimum absolute atomic E-state index is 0.00832. The average molecular weight is 314 g/mol. The lowest BCUT2D eigenvalue weighted by atomic mass is 10.1. The zero-order valence-corrected chi connectivity index (χ0v) is 12.9. The van der Waals surface area contributed by atoms with Gasteiger partial charge in [-0.05, 0) is 32.0 Å². The lowest BCUT2D eigenvalue weighted by molar-refractivity contribution is 0.0934. The van der Waals surface area contributed by atoms with Crippen LogP contribution < -0.4 is 10.1 Å². The molecule has 0 spiro atoms. The number of rotatable bonds is 6. The van der Waals surface area contributed by atoms with Crippen molar-refractivity contribution in [1.82, 2.24) is 10.3 Å². The molecule has 0 aliphatic heterocycles. The number of pyridine rings is 1. The Hall–Kier alpha value is -2.89. The number of aromatic nitrogens is 1. The molecule has 0 unspecified atom stereocenters. The fourth-order valence-corrected chi connectivity index (χ4v) is 2.02. The molecule has 0 radical (unpaired) electrons. The van der Waals surface area contributed by atoms with Gasteiger partial charge in [0.15, 0.2) is 6.29 Å². The molecule has 1 aromatic heterocycles. The van der Waals surface area contributed by atoms with E-state index in [9.17, 15) is 14.7 Å². The van der Waals surface area contributed by atoms with Gasteiger partial charge in [0.05, 0.1) is 5.56 Å². The third-order valence-electron chi connectivity index (χ3n) is 3.07. The van der Waals surface area contributed by atoms with Crippen LogP contribution in [-0.4, -0.2) is 28.3 Å². The zero-order valence-electron chi connectivity index (χ0n) is 12.9. The van der Waals surface area contributed by atoms with Crippen LogP contribution in [0.1, 0.15) is 40.3 Å². The van der Waals surface area contributed by atoms with E-state index in [2.05, 4.69) is 10.3 Å². The van der Waals surface area contributed by atoms with Crippen molar-refractivity contribution >= 4 is 12.2 Å². The maximum atomic E-state index is 12.1. The molecule has 120 valence electrons. The topological polar surface area (TPSA) is 88.5 Å². The molecule has 2 aromatic rings. The molecular formula is C17H18N2O4. The molecule has 0 aliphatic rings. The summed E-state index contributed by atoms with van der Waals surface area (Å²) in [6.45, 7) is 3.78. The number of amides is 1. The lowest BCUT2D eigenvalue weighted by Gasteiger charge is -2.13. The Bertz CT molecular complexity index is 713. The van der Waals surface area contributed by atoms with Crippen LogP contribution in [0.4, 0.5) is 0 Å². The van der Waals surface area contributed by atoms with Crippen LogP contribution in [0, 0.1) is 0 Å². The number of carbonyl (C=O) groups is 2. The summed E-state index contributed by atoms with van der Waals surface area (Å²) in [6.07, 6.45) is 2.06. The van der Waals surface area contributed by atoms with E-state index in [0.717, 1.165) is 0 Å². The molecule has 1 amide bonds. The van der Waals surface area contributed by atoms with Crippen molar-refractivity contribution in [2.75, 3.05) is 0 Å². The number of nitrogens with one attached hydrogen (secondary N) is 1. The first-order valence-electron chi connectivity index (χ1n) is 7.17. The number of aldehydes is 1. The van der Waals surface area contributed by atoms with E-state index in [-0.39, 0.29) is 41.3 Å². The number of benzene rings is 1. The van der Waals surface area contributed by atoms with E-state index >= 15 is 0 Å². The van der Waals surface area contributed by atoms with Crippen molar-refractivity contribution in [2.45, 2.75) is 26.5 Å². The summed E-state index contributed by atoms with van der Waals surface area (Å²) in [6, 6.07) is 7.98. The van der Waals surface area contributed by atoms with Crippen LogP contribution in [0.2, 0.25) is 0 Å². The molecule has 0 bridgehead atoms. The Morgan fingerprint density at radius 2 is 2.13 bits per heavy atom. The molecule has 1 heterocycles. The van der Waals surface area contributed by atoms with E-state index in [1.54, 1.807) is 24.3 Å². The van der Waals surface area contributed by atoms with E-state index in [1.807, 2.05) is 13.8 Å². The number of hydrogen-bond acceptors (Lipinski definition) is 5. The number of aromatic hydroxyl groups is 1. The van der Waals surface area contributed by atoms with Crippen molar-refractivity contribution in [1.29, 1.82) is 0 Å². The van der Waals surface area contributed by atoms with Crippen LogP contribution in [-0.2, 0) is 6.61 Å². The second-order valence-corrected chi connectivity index (χ2v) is 5.23. The number of hydrogen-bond donors (Lipinski definition) is 2. The van der Waals surface area contributed by atoms with Gasteiger partial charge in [-0.25, -0.2) is 0 Å². The molecule has 0 saturated heterocycles. The molecule has 6 nitrogen and oxygen atoms in total. The van der Waals surface area contributed by atoms with Gasteiger partial charge < -0.3 is 15.2 Å². The van der Waals surface area contributed by atoms with Crippen molar-refractivity contribution in [3.63, 3.8) is 0 Å². The quantitative estimate of drug-likeness (QED) is 0.799. The Labute approximate surface area is 134 Å². The average Bonchev–Trinajstić information content (AvgIpc) is 2.52. The van der Waals surface area contributed by atoms with Crippen LogP contribution in [0.15, 0.2) is 36.5 Å². The van der Waals surface area contributed by atoms with Crippen molar-refractivity contribution in [3.8, 4) is 11.5 Å². The maximum Gasteiger partial charge on any atom is 0.270 e. The molecule has 23 heavy (non-hydrogen) atoms. The molecule has 0 aliphatic carbocycles. The Balaban J connectivity index is 2.20. The smallest absolute Gasteiger partial charge is 0.270 e.